The number of rotatable bonds is 4. The highest BCUT2D eigenvalue weighted by atomic mass is 32.1. The normalized spacial score (nSPS) is 13.0. The molecule has 0 aliphatic heterocycles. The van der Waals surface area contributed by atoms with Gasteiger partial charge in [-0.1, -0.05) is 71.9 Å². The van der Waals surface area contributed by atoms with E-state index in [1.54, 1.807) is 17.6 Å². The first kappa shape index (κ1) is 24.6. The fourth-order valence-electron chi connectivity index (χ4n) is 3.79. The number of hydrogen-bond donors (Lipinski definition) is 2. The molecular formula is C29H32N4OS. The van der Waals surface area contributed by atoms with E-state index in [1.165, 1.54) is 0 Å². The Morgan fingerprint density at radius 3 is 2.09 bits per heavy atom. The lowest BCUT2D eigenvalue weighted by Crippen LogP contribution is -2.23. The minimum atomic E-state index is -0.248. The molecule has 0 atom stereocenters. The van der Waals surface area contributed by atoms with Crippen LogP contribution in [0.25, 0.3) is 10.2 Å². The van der Waals surface area contributed by atoms with Gasteiger partial charge in [-0.15, -0.1) is 11.3 Å². The maximum Gasteiger partial charge on any atom is 0.154 e. The van der Waals surface area contributed by atoms with Gasteiger partial charge in [0, 0.05) is 16.7 Å². The molecular weight excluding hydrogens is 452 g/mol. The van der Waals surface area contributed by atoms with Crippen LogP contribution in [0.2, 0.25) is 0 Å². The van der Waals surface area contributed by atoms with E-state index in [1.807, 2.05) is 60.7 Å². The number of amidine groups is 1. The highest BCUT2D eigenvalue weighted by Crippen LogP contribution is 2.40. The lowest BCUT2D eigenvalue weighted by Gasteiger charge is -2.28. The summed E-state index contributed by atoms with van der Waals surface area (Å²) < 4.78 is 1.12. The van der Waals surface area contributed by atoms with Crippen LogP contribution in [0, 0.1) is 0 Å². The van der Waals surface area contributed by atoms with Crippen molar-refractivity contribution >= 4 is 39.3 Å². The Morgan fingerprint density at radius 1 is 0.886 bits per heavy atom. The molecule has 4 rings (SSSR count). The molecule has 35 heavy (non-hydrogen) atoms. The van der Waals surface area contributed by atoms with E-state index in [0.717, 1.165) is 37.6 Å². The van der Waals surface area contributed by atoms with Gasteiger partial charge in [0.05, 0.1) is 22.1 Å². The van der Waals surface area contributed by atoms with Crippen molar-refractivity contribution in [1.29, 1.82) is 0 Å². The summed E-state index contributed by atoms with van der Waals surface area (Å²) in [5.74, 6) is 0.940. The quantitative estimate of drug-likeness (QED) is 0.181. The molecule has 4 aromatic rings. The van der Waals surface area contributed by atoms with Gasteiger partial charge in [-0.25, -0.2) is 9.98 Å². The van der Waals surface area contributed by atoms with Gasteiger partial charge >= 0.3 is 0 Å². The first-order chi connectivity index (χ1) is 16.5. The zero-order chi connectivity index (χ0) is 25.2. The first-order valence-corrected chi connectivity index (χ1v) is 12.5. The zero-order valence-electron chi connectivity index (χ0n) is 21.1. The van der Waals surface area contributed by atoms with Gasteiger partial charge in [-0.3, -0.25) is 5.43 Å². The Hall–Kier alpha value is -3.51. The van der Waals surface area contributed by atoms with Crippen LogP contribution in [0.1, 0.15) is 63.2 Å². The third kappa shape index (κ3) is 5.77. The SMILES string of the molecule is CC(C)(C)c1cc(C(=Nc2ccccc2)NN=Cc2nc3ccccc3s2)cc(C(C)(C)C)c1O. The molecule has 3 aromatic carbocycles. The number of phenols is 1. The van der Waals surface area contributed by atoms with Crippen LogP contribution >= 0.6 is 11.3 Å². The van der Waals surface area contributed by atoms with Crippen molar-refractivity contribution in [2.75, 3.05) is 0 Å². The lowest BCUT2D eigenvalue weighted by molar-refractivity contribution is 0.423. The Kier molecular flexibility index (Phi) is 6.77. The molecule has 0 aliphatic rings. The van der Waals surface area contributed by atoms with Crippen molar-refractivity contribution in [3.63, 3.8) is 0 Å². The predicted octanol–water partition coefficient (Wildman–Crippen LogP) is 7.30. The number of para-hydroxylation sites is 2. The summed E-state index contributed by atoms with van der Waals surface area (Å²) in [5.41, 5.74) is 7.04. The summed E-state index contributed by atoms with van der Waals surface area (Å²) >= 11 is 1.59. The molecule has 0 bridgehead atoms. The number of fused-ring (bicyclic) bond motifs is 1. The molecule has 0 aliphatic carbocycles. The van der Waals surface area contributed by atoms with Crippen molar-refractivity contribution in [2.24, 2.45) is 10.1 Å². The fourth-order valence-corrected chi connectivity index (χ4v) is 4.63. The minimum absolute atomic E-state index is 0.248. The van der Waals surface area contributed by atoms with Gasteiger partial charge < -0.3 is 5.11 Å². The van der Waals surface area contributed by atoms with Crippen LogP contribution < -0.4 is 5.43 Å². The summed E-state index contributed by atoms with van der Waals surface area (Å²) in [6, 6.07) is 21.8. The van der Waals surface area contributed by atoms with E-state index in [9.17, 15) is 5.11 Å². The third-order valence-corrected chi connectivity index (χ3v) is 6.62. The molecule has 5 nitrogen and oxygen atoms in total. The molecule has 0 fully saturated rings. The van der Waals surface area contributed by atoms with Crippen molar-refractivity contribution in [3.8, 4) is 5.75 Å². The van der Waals surface area contributed by atoms with Gasteiger partial charge in [0.2, 0.25) is 0 Å². The molecule has 0 amide bonds. The van der Waals surface area contributed by atoms with E-state index in [2.05, 4.69) is 63.1 Å². The van der Waals surface area contributed by atoms with E-state index in [4.69, 9.17) is 4.99 Å². The molecule has 0 unspecified atom stereocenters. The Balaban J connectivity index is 1.79. The Labute approximate surface area is 211 Å². The van der Waals surface area contributed by atoms with E-state index >= 15 is 0 Å². The average Bonchev–Trinajstić information content (AvgIpc) is 3.20. The van der Waals surface area contributed by atoms with Gasteiger partial charge in [0.15, 0.2) is 5.84 Å². The number of aromatic nitrogens is 1. The molecule has 0 spiro atoms. The van der Waals surface area contributed by atoms with Crippen LogP contribution in [-0.2, 0) is 10.8 Å². The van der Waals surface area contributed by atoms with E-state index < -0.39 is 0 Å². The van der Waals surface area contributed by atoms with Crippen LogP contribution in [0.15, 0.2) is 76.8 Å². The van der Waals surface area contributed by atoms with Gasteiger partial charge in [0.25, 0.3) is 0 Å². The molecule has 2 N–H and O–H groups in total. The average molecular weight is 485 g/mol. The number of phenolic OH excluding ortho intramolecular Hbond substituents is 1. The minimum Gasteiger partial charge on any atom is -0.507 e. The highest BCUT2D eigenvalue weighted by molar-refractivity contribution is 7.20. The van der Waals surface area contributed by atoms with Crippen LogP contribution in [-0.4, -0.2) is 22.1 Å². The highest BCUT2D eigenvalue weighted by Gasteiger charge is 2.27. The summed E-state index contributed by atoms with van der Waals surface area (Å²) in [5, 5.41) is 16.5. The fraction of sp³-hybridized carbons (Fsp3) is 0.276. The Bertz CT molecular complexity index is 1320. The maximum atomic E-state index is 11.2. The molecule has 0 saturated carbocycles. The van der Waals surface area contributed by atoms with Gasteiger partial charge in [-0.05, 0) is 47.2 Å². The topological polar surface area (TPSA) is 69.9 Å². The van der Waals surface area contributed by atoms with Crippen molar-refractivity contribution in [1.82, 2.24) is 10.4 Å². The maximum absolute atomic E-state index is 11.2. The summed E-state index contributed by atoms with van der Waals surface area (Å²) in [7, 11) is 0. The van der Waals surface area contributed by atoms with Crippen LogP contribution in [0.4, 0.5) is 5.69 Å². The molecule has 1 aromatic heterocycles. The summed E-state index contributed by atoms with van der Waals surface area (Å²) in [6.07, 6.45) is 1.72. The number of hydrogen-bond acceptors (Lipinski definition) is 5. The molecule has 180 valence electrons. The molecule has 0 radical (unpaired) electrons. The molecule has 1 heterocycles. The number of nitrogens with zero attached hydrogens (tertiary/aromatic N) is 3. The van der Waals surface area contributed by atoms with E-state index in [0.29, 0.717) is 11.6 Å². The second-order valence-electron chi connectivity index (χ2n) is 10.6. The van der Waals surface area contributed by atoms with Gasteiger partial charge in [-0.2, -0.15) is 5.10 Å². The number of aromatic hydroxyl groups is 1. The van der Waals surface area contributed by atoms with E-state index in [-0.39, 0.29) is 10.8 Å². The zero-order valence-corrected chi connectivity index (χ0v) is 21.9. The number of benzene rings is 3. The van der Waals surface area contributed by atoms with Gasteiger partial charge in [0.1, 0.15) is 10.8 Å². The smallest absolute Gasteiger partial charge is 0.154 e. The van der Waals surface area contributed by atoms with Crippen LogP contribution in [0.3, 0.4) is 0 Å². The summed E-state index contributed by atoms with van der Waals surface area (Å²) in [4.78, 5) is 9.50. The number of hydrazone groups is 1. The second-order valence-corrected chi connectivity index (χ2v) is 11.7. The predicted molar refractivity (Wildman–Crippen MR) is 148 cm³/mol. The largest absolute Gasteiger partial charge is 0.507 e. The Morgan fingerprint density at radius 2 is 1.49 bits per heavy atom. The monoisotopic (exact) mass is 484 g/mol. The van der Waals surface area contributed by atoms with Crippen molar-refractivity contribution < 1.29 is 5.11 Å². The number of nitrogens with one attached hydrogen (secondary N) is 1. The van der Waals surface area contributed by atoms with Crippen molar-refractivity contribution in [2.45, 2.75) is 52.4 Å². The number of aliphatic imine (C=N–C) groups is 1. The van der Waals surface area contributed by atoms with Crippen LogP contribution in [0.5, 0.6) is 5.75 Å². The molecule has 0 saturated heterocycles. The van der Waals surface area contributed by atoms with Crippen molar-refractivity contribution in [3.05, 3.63) is 88.4 Å². The standard InChI is InChI=1S/C29H32N4OS/c1-28(2,3)21-16-19(17-22(26(21)34)29(4,5)6)27(31-20-12-8-7-9-13-20)33-30-18-25-32-23-14-10-11-15-24(23)35-25/h7-18,34H,1-6H3,(H,31,33). The second kappa shape index (κ2) is 9.62. The molecule has 6 heteroatoms. The third-order valence-electron chi connectivity index (χ3n) is 5.65. The summed E-state index contributed by atoms with van der Waals surface area (Å²) in [6.45, 7) is 12.6. The number of thiazole rings is 1. The lowest BCUT2D eigenvalue weighted by atomic mass is 9.78. The first-order valence-electron chi connectivity index (χ1n) is 11.7.